The average molecular weight is 1240 g/mol. The molecule has 87 heavy (non-hydrogen) atoms. The largest absolute Gasteiger partial charge is 0.394 e. The van der Waals surface area contributed by atoms with E-state index in [1.807, 2.05) is 6.08 Å². The number of aliphatic hydroxyl groups is 11. The van der Waals surface area contributed by atoms with Gasteiger partial charge in [-0.1, -0.05) is 237 Å². The Bertz CT molecular complexity index is 1720. The second-order valence-corrected chi connectivity index (χ2v) is 25.0. The Morgan fingerprint density at radius 3 is 1.20 bits per heavy atom. The molecule has 3 saturated heterocycles. The molecule has 3 fully saturated rings. The monoisotopic (exact) mass is 1240 g/mol. The summed E-state index contributed by atoms with van der Waals surface area (Å²) in [6.45, 7) is 1.73. The maximum atomic E-state index is 13.4. The number of ether oxygens (including phenoxy) is 6. The highest BCUT2D eigenvalue weighted by molar-refractivity contribution is 5.76. The van der Waals surface area contributed by atoms with Crippen molar-refractivity contribution >= 4 is 5.91 Å². The van der Waals surface area contributed by atoms with Gasteiger partial charge in [0.15, 0.2) is 18.9 Å². The first kappa shape index (κ1) is 79.2. The third-order valence-electron chi connectivity index (χ3n) is 17.4. The van der Waals surface area contributed by atoms with E-state index in [1.54, 1.807) is 6.08 Å². The molecule has 0 aromatic heterocycles. The minimum atomic E-state index is -1.98. The molecule has 19 heteroatoms. The van der Waals surface area contributed by atoms with E-state index in [0.717, 1.165) is 64.2 Å². The fraction of sp³-hybridized carbons (Fsp3) is 0.897. The van der Waals surface area contributed by atoms with Crippen LogP contribution in [0.3, 0.4) is 0 Å². The van der Waals surface area contributed by atoms with Gasteiger partial charge in [-0.2, -0.15) is 0 Å². The Labute approximate surface area is 523 Å². The van der Waals surface area contributed by atoms with Crippen LogP contribution in [0.1, 0.15) is 258 Å². The maximum absolute atomic E-state index is 13.4. The highest BCUT2D eigenvalue weighted by atomic mass is 16.8. The van der Waals surface area contributed by atoms with E-state index in [9.17, 15) is 61.0 Å². The third kappa shape index (κ3) is 32.9. The summed E-state index contributed by atoms with van der Waals surface area (Å²) in [5, 5.41) is 121. The zero-order valence-corrected chi connectivity index (χ0v) is 53.8. The summed E-state index contributed by atoms with van der Waals surface area (Å²) in [4.78, 5) is 13.4. The van der Waals surface area contributed by atoms with Gasteiger partial charge in [0.2, 0.25) is 5.91 Å². The molecule has 0 spiro atoms. The molecular weight excluding hydrogens is 1120 g/mol. The zero-order valence-electron chi connectivity index (χ0n) is 53.8. The van der Waals surface area contributed by atoms with Crippen molar-refractivity contribution in [2.45, 2.75) is 362 Å². The number of hydrogen-bond acceptors (Lipinski definition) is 18. The third-order valence-corrected chi connectivity index (χ3v) is 17.4. The Kier molecular flexibility index (Phi) is 46.0. The lowest BCUT2D eigenvalue weighted by Gasteiger charge is -2.48. The summed E-state index contributed by atoms with van der Waals surface area (Å²) in [7, 11) is 0. The summed E-state index contributed by atoms with van der Waals surface area (Å²) in [5.74, 6) is -0.278. The summed E-state index contributed by atoms with van der Waals surface area (Å²) < 4.78 is 34.4. The Balaban J connectivity index is 1.45. The van der Waals surface area contributed by atoms with E-state index < -0.39 is 124 Å². The molecule has 12 N–H and O–H groups in total. The van der Waals surface area contributed by atoms with Crippen molar-refractivity contribution in [2.75, 3.05) is 26.4 Å². The summed E-state index contributed by atoms with van der Waals surface area (Å²) in [5.41, 5.74) is 0. The lowest BCUT2D eigenvalue weighted by atomic mass is 9.96. The van der Waals surface area contributed by atoms with Gasteiger partial charge in [-0.15, -0.1) is 0 Å². The van der Waals surface area contributed by atoms with Gasteiger partial charge >= 0.3 is 0 Å². The van der Waals surface area contributed by atoms with Gasteiger partial charge < -0.3 is 89.9 Å². The van der Waals surface area contributed by atoms with Gasteiger partial charge in [-0.05, 0) is 51.4 Å². The minimum absolute atomic E-state index is 0.239. The number of rotatable bonds is 53. The highest BCUT2D eigenvalue weighted by Gasteiger charge is 2.53. The predicted molar refractivity (Wildman–Crippen MR) is 337 cm³/mol. The van der Waals surface area contributed by atoms with E-state index in [-0.39, 0.29) is 18.9 Å². The average Bonchev–Trinajstić information content (AvgIpc) is 2.87. The topological polar surface area (TPSA) is 307 Å². The van der Waals surface area contributed by atoms with E-state index in [4.69, 9.17) is 28.4 Å². The van der Waals surface area contributed by atoms with E-state index >= 15 is 0 Å². The lowest BCUT2D eigenvalue weighted by molar-refractivity contribution is -0.379. The van der Waals surface area contributed by atoms with Gasteiger partial charge in [-0.25, -0.2) is 0 Å². The van der Waals surface area contributed by atoms with Gasteiger partial charge in [0.1, 0.15) is 73.2 Å². The molecule has 0 saturated carbocycles. The van der Waals surface area contributed by atoms with Gasteiger partial charge in [0, 0.05) is 6.42 Å². The van der Waals surface area contributed by atoms with Gasteiger partial charge in [0.05, 0.1) is 38.6 Å². The van der Waals surface area contributed by atoms with Crippen LogP contribution < -0.4 is 5.32 Å². The van der Waals surface area contributed by atoms with Crippen molar-refractivity contribution in [3.8, 4) is 0 Å². The molecule has 510 valence electrons. The van der Waals surface area contributed by atoms with Crippen LogP contribution in [0.25, 0.3) is 0 Å². The molecule has 0 aromatic rings. The smallest absolute Gasteiger partial charge is 0.220 e. The first-order valence-electron chi connectivity index (χ1n) is 34.7. The van der Waals surface area contributed by atoms with Crippen LogP contribution in [-0.2, 0) is 33.2 Å². The van der Waals surface area contributed by atoms with Crippen molar-refractivity contribution < 1.29 is 89.4 Å². The molecule has 0 bridgehead atoms. The quantitative estimate of drug-likeness (QED) is 0.0200. The first-order chi connectivity index (χ1) is 42.3. The fourth-order valence-electron chi connectivity index (χ4n) is 11.8. The second kappa shape index (κ2) is 50.6. The molecule has 0 aliphatic carbocycles. The number of allylic oxidation sites excluding steroid dienone is 5. The lowest BCUT2D eigenvalue weighted by Crippen LogP contribution is -2.66. The van der Waals surface area contributed by atoms with Gasteiger partial charge in [0.25, 0.3) is 0 Å². The predicted octanol–water partition coefficient (Wildman–Crippen LogP) is 8.83. The minimum Gasteiger partial charge on any atom is -0.394 e. The summed E-state index contributed by atoms with van der Waals surface area (Å²) in [6.07, 6.45) is 31.1. The van der Waals surface area contributed by atoms with E-state index in [2.05, 4.69) is 43.5 Å². The molecular formula is C68H125NO18. The van der Waals surface area contributed by atoms with Crippen molar-refractivity contribution in [1.29, 1.82) is 0 Å². The Morgan fingerprint density at radius 1 is 0.414 bits per heavy atom. The Hall–Kier alpha value is -1.99. The van der Waals surface area contributed by atoms with E-state index in [0.29, 0.717) is 6.42 Å². The molecule has 3 aliphatic heterocycles. The molecule has 17 atom stereocenters. The number of aliphatic hydroxyl groups excluding tert-OH is 11. The number of carbonyl (C=O) groups excluding carboxylic acids is 1. The van der Waals surface area contributed by atoms with Gasteiger partial charge in [-0.3, -0.25) is 4.79 Å². The molecule has 0 radical (unpaired) electrons. The number of carbonyl (C=O) groups is 1. The van der Waals surface area contributed by atoms with Crippen LogP contribution >= 0.6 is 0 Å². The highest BCUT2D eigenvalue weighted by Crippen LogP contribution is 2.33. The second-order valence-electron chi connectivity index (χ2n) is 25.0. The maximum Gasteiger partial charge on any atom is 0.220 e. The first-order valence-corrected chi connectivity index (χ1v) is 34.7. The standard InChI is InChI=1S/C68H125NO18/c1-3-5-7-9-11-13-15-17-19-21-23-24-25-26-28-29-31-33-35-37-39-41-43-45-52(73)51(69-56(74)46-44-42-40-38-36-34-32-30-27-22-20-18-16-14-12-10-8-6-4-2)50-82-66-62(80)59(77)64(54(48-71)84-66)87-68-63(81)60(78)65(55(49-72)85-68)86-67-61(79)58(76)57(75)53(47-70)83-67/h12,14,18,20,43,45,51-55,57-68,70-73,75-81H,3-11,13,15-17,19,21-42,44,46-50H2,1-2H3,(H,69,74)/b14-12-,20-18-,45-43+. The van der Waals surface area contributed by atoms with Crippen molar-refractivity contribution in [3.63, 3.8) is 0 Å². The summed E-state index contributed by atoms with van der Waals surface area (Å²) in [6, 6.07) is -0.976. The molecule has 19 nitrogen and oxygen atoms in total. The number of nitrogens with one attached hydrogen (secondary N) is 1. The van der Waals surface area contributed by atoms with Crippen LogP contribution in [0.5, 0.6) is 0 Å². The molecule has 0 aromatic carbocycles. The Morgan fingerprint density at radius 2 is 0.759 bits per heavy atom. The van der Waals surface area contributed by atoms with Crippen LogP contribution in [0.2, 0.25) is 0 Å². The van der Waals surface area contributed by atoms with E-state index in [1.165, 1.54) is 167 Å². The SMILES string of the molecule is CCCCC/C=C\C/C=C\CCCCCCCCCCCC(=O)NC(COC1OC(CO)C(OC2OC(CO)C(OC3OC(CO)C(O)C(O)C3O)C(O)C2O)C(O)C1O)C(O)/C=C/CCCCCCCCCCCCCCCCCCCCCCC. The van der Waals surface area contributed by atoms with Crippen LogP contribution in [-0.4, -0.2) is 193 Å². The molecule has 3 rings (SSSR count). The number of amides is 1. The number of unbranched alkanes of at least 4 members (excludes halogenated alkanes) is 33. The molecule has 3 heterocycles. The fourth-order valence-corrected chi connectivity index (χ4v) is 11.8. The van der Waals surface area contributed by atoms with Crippen molar-refractivity contribution in [3.05, 3.63) is 36.5 Å². The normalized spacial score (nSPS) is 28.8. The molecule has 17 unspecified atom stereocenters. The molecule has 3 aliphatic rings. The van der Waals surface area contributed by atoms with Crippen LogP contribution in [0, 0.1) is 0 Å². The number of hydrogen-bond donors (Lipinski definition) is 12. The zero-order chi connectivity index (χ0) is 63.3. The summed E-state index contributed by atoms with van der Waals surface area (Å²) >= 11 is 0. The van der Waals surface area contributed by atoms with Crippen molar-refractivity contribution in [2.24, 2.45) is 0 Å². The van der Waals surface area contributed by atoms with Crippen molar-refractivity contribution in [1.82, 2.24) is 5.32 Å². The van der Waals surface area contributed by atoms with Crippen LogP contribution in [0.15, 0.2) is 36.5 Å². The molecule has 1 amide bonds. The van der Waals surface area contributed by atoms with Crippen LogP contribution in [0.4, 0.5) is 0 Å².